The molecule has 1 saturated heterocycles. The Bertz CT molecular complexity index is 910. The van der Waals surface area contributed by atoms with E-state index >= 15 is 0 Å². The zero-order valence-electron chi connectivity index (χ0n) is 15.6. The van der Waals surface area contributed by atoms with E-state index in [1.807, 2.05) is 60.7 Å². The molecule has 2 atom stereocenters. The Morgan fingerprint density at radius 1 is 1.00 bits per heavy atom. The van der Waals surface area contributed by atoms with Crippen LogP contribution < -0.4 is 5.32 Å². The van der Waals surface area contributed by atoms with Gasteiger partial charge in [0.1, 0.15) is 17.5 Å². The summed E-state index contributed by atoms with van der Waals surface area (Å²) in [5, 5.41) is 15.1. The van der Waals surface area contributed by atoms with E-state index in [1.165, 1.54) is 12.1 Å². The predicted octanol–water partition coefficient (Wildman–Crippen LogP) is 3.91. The third-order valence-corrected chi connectivity index (χ3v) is 5.35. The van der Waals surface area contributed by atoms with Gasteiger partial charge in [-0.1, -0.05) is 66.7 Å². The van der Waals surface area contributed by atoms with Crippen molar-refractivity contribution in [3.8, 4) is 11.1 Å². The van der Waals surface area contributed by atoms with Gasteiger partial charge in [-0.3, -0.25) is 0 Å². The maximum Gasteiger partial charge on any atom is 0.123 e. The first-order chi connectivity index (χ1) is 13.7. The maximum absolute atomic E-state index is 14.2. The van der Waals surface area contributed by atoms with Crippen molar-refractivity contribution in [3.05, 3.63) is 95.8 Å². The number of benzene rings is 3. The van der Waals surface area contributed by atoms with Gasteiger partial charge in [0.2, 0.25) is 0 Å². The Morgan fingerprint density at radius 3 is 2.39 bits per heavy atom. The van der Waals surface area contributed by atoms with Crippen LogP contribution in [0.1, 0.15) is 11.1 Å². The monoisotopic (exact) mass is 377 g/mol. The van der Waals surface area contributed by atoms with Crippen LogP contribution in [0.15, 0.2) is 78.9 Å². The molecule has 4 heteroatoms. The second-order valence-electron chi connectivity index (χ2n) is 7.20. The van der Waals surface area contributed by atoms with Crippen molar-refractivity contribution >= 4 is 0 Å². The highest BCUT2D eigenvalue weighted by atomic mass is 19.1. The van der Waals surface area contributed by atoms with Crippen LogP contribution >= 0.6 is 0 Å². The van der Waals surface area contributed by atoms with Crippen LogP contribution in [0.4, 0.5) is 4.39 Å². The van der Waals surface area contributed by atoms with Crippen molar-refractivity contribution in [1.82, 2.24) is 5.32 Å². The first kappa shape index (κ1) is 18.8. The molecule has 0 aromatic heterocycles. The third-order valence-electron chi connectivity index (χ3n) is 5.35. The molecule has 1 aliphatic rings. The molecule has 144 valence electrons. The lowest BCUT2D eigenvalue weighted by molar-refractivity contribution is -0.124. The first-order valence-electron chi connectivity index (χ1n) is 9.61. The van der Waals surface area contributed by atoms with Gasteiger partial charge in [-0.2, -0.15) is 0 Å². The summed E-state index contributed by atoms with van der Waals surface area (Å²) >= 11 is 0. The number of ether oxygens (including phenoxy) is 1. The maximum atomic E-state index is 14.2. The minimum absolute atomic E-state index is 0.255. The van der Waals surface area contributed by atoms with Crippen LogP contribution in [0, 0.1) is 5.82 Å². The number of hydrogen-bond donors (Lipinski definition) is 2. The molecule has 0 amide bonds. The lowest BCUT2D eigenvalue weighted by Gasteiger charge is -2.39. The highest BCUT2D eigenvalue weighted by molar-refractivity contribution is 5.67. The SMILES string of the molecule is OC(Cc1cc(F)ccc1-c1ccccc1)(c1ccccc1)[C@@H]1CNCCO1. The molecular formula is C24H24FNO2. The lowest BCUT2D eigenvalue weighted by atomic mass is 9.80. The molecule has 28 heavy (non-hydrogen) atoms. The molecule has 0 bridgehead atoms. The molecule has 3 aromatic carbocycles. The molecular weight excluding hydrogens is 353 g/mol. The van der Waals surface area contributed by atoms with Gasteiger partial charge < -0.3 is 15.2 Å². The van der Waals surface area contributed by atoms with Crippen molar-refractivity contribution in [2.75, 3.05) is 19.7 Å². The standard InChI is InChI=1S/C24H24FNO2/c25-21-11-12-22(18-7-3-1-4-8-18)19(15-21)16-24(27,20-9-5-2-6-10-20)23-17-26-13-14-28-23/h1-12,15,23,26-27H,13-14,16-17H2/t23-,24?/m0/s1. The van der Waals surface area contributed by atoms with Crippen molar-refractivity contribution in [2.45, 2.75) is 18.1 Å². The Labute approximate surface area is 164 Å². The fourth-order valence-electron chi connectivity index (χ4n) is 3.90. The van der Waals surface area contributed by atoms with Crippen LogP contribution in [-0.2, 0) is 16.8 Å². The van der Waals surface area contributed by atoms with E-state index in [0.717, 1.165) is 28.8 Å². The summed E-state index contributed by atoms with van der Waals surface area (Å²) < 4.78 is 20.1. The molecule has 0 radical (unpaired) electrons. The third kappa shape index (κ3) is 3.85. The topological polar surface area (TPSA) is 41.5 Å². The van der Waals surface area contributed by atoms with Gasteiger partial charge in [0.05, 0.1) is 6.61 Å². The lowest BCUT2D eigenvalue weighted by Crippen LogP contribution is -2.52. The number of halogens is 1. The fraction of sp³-hybridized carbons (Fsp3) is 0.250. The summed E-state index contributed by atoms with van der Waals surface area (Å²) in [6.07, 6.45) is -0.165. The Morgan fingerprint density at radius 2 is 1.71 bits per heavy atom. The molecule has 2 N–H and O–H groups in total. The van der Waals surface area contributed by atoms with Crippen molar-refractivity contribution in [1.29, 1.82) is 0 Å². The van der Waals surface area contributed by atoms with E-state index < -0.39 is 11.7 Å². The zero-order valence-corrected chi connectivity index (χ0v) is 15.6. The highest BCUT2D eigenvalue weighted by Crippen LogP contribution is 2.35. The van der Waals surface area contributed by atoms with E-state index in [1.54, 1.807) is 6.07 Å². The predicted molar refractivity (Wildman–Crippen MR) is 108 cm³/mol. The molecule has 1 fully saturated rings. The zero-order chi connectivity index (χ0) is 19.4. The van der Waals surface area contributed by atoms with Gasteiger partial charge in [0.25, 0.3) is 0 Å². The molecule has 1 unspecified atom stereocenters. The highest BCUT2D eigenvalue weighted by Gasteiger charge is 2.41. The molecule has 4 rings (SSSR count). The van der Waals surface area contributed by atoms with Crippen LogP contribution in [0.25, 0.3) is 11.1 Å². The minimum atomic E-state index is -1.27. The van der Waals surface area contributed by atoms with Crippen molar-refractivity contribution in [2.24, 2.45) is 0 Å². The summed E-state index contributed by atoms with van der Waals surface area (Å²) in [6, 6.07) is 24.2. The van der Waals surface area contributed by atoms with E-state index in [-0.39, 0.29) is 12.2 Å². The van der Waals surface area contributed by atoms with Gasteiger partial charge >= 0.3 is 0 Å². The van der Waals surface area contributed by atoms with Crippen molar-refractivity contribution in [3.63, 3.8) is 0 Å². The summed E-state index contributed by atoms with van der Waals surface area (Å²) in [7, 11) is 0. The molecule has 1 aliphatic heterocycles. The summed E-state index contributed by atoms with van der Waals surface area (Å²) in [5.41, 5.74) is 2.17. The van der Waals surface area contributed by atoms with E-state index in [9.17, 15) is 9.50 Å². The van der Waals surface area contributed by atoms with E-state index in [2.05, 4.69) is 5.32 Å². The summed E-state index contributed by atoms with van der Waals surface area (Å²) in [6.45, 7) is 1.84. The second kappa shape index (κ2) is 8.23. The van der Waals surface area contributed by atoms with Crippen LogP contribution in [0.3, 0.4) is 0 Å². The van der Waals surface area contributed by atoms with Crippen LogP contribution in [-0.4, -0.2) is 30.9 Å². The van der Waals surface area contributed by atoms with Gasteiger partial charge in [0, 0.05) is 19.5 Å². The summed E-state index contributed by atoms with van der Waals surface area (Å²) in [5.74, 6) is -0.312. The molecule has 3 aromatic rings. The number of aliphatic hydroxyl groups is 1. The number of rotatable bonds is 5. The number of morpholine rings is 1. The molecule has 3 nitrogen and oxygen atoms in total. The Kier molecular flexibility index (Phi) is 5.53. The number of nitrogens with one attached hydrogen (secondary N) is 1. The van der Waals surface area contributed by atoms with Crippen LogP contribution in [0.5, 0.6) is 0 Å². The molecule has 1 heterocycles. The second-order valence-corrected chi connectivity index (χ2v) is 7.20. The first-order valence-corrected chi connectivity index (χ1v) is 9.61. The van der Waals surface area contributed by atoms with Crippen molar-refractivity contribution < 1.29 is 14.2 Å². The average Bonchev–Trinajstić information content (AvgIpc) is 2.76. The molecule has 0 spiro atoms. The van der Waals surface area contributed by atoms with E-state index in [4.69, 9.17) is 4.74 Å². The quantitative estimate of drug-likeness (QED) is 0.708. The van der Waals surface area contributed by atoms with Gasteiger partial charge in [-0.25, -0.2) is 4.39 Å². The smallest absolute Gasteiger partial charge is 0.123 e. The van der Waals surface area contributed by atoms with Gasteiger partial charge in [-0.05, 0) is 34.4 Å². The van der Waals surface area contributed by atoms with Crippen LogP contribution in [0.2, 0.25) is 0 Å². The molecule has 0 aliphatic carbocycles. The van der Waals surface area contributed by atoms with Gasteiger partial charge in [0.15, 0.2) is 0 Å². The van der Waals surface area contributed by atoms with Gasteiger partial charge in [-0.15, -0.1) is 0 Å². The summed E-state index contributed by atoms with van der Waals surface area (Å²) in [4.78, 5) is 0. The fourth-order valence-corrected chi connectivity index (χ4v) is 3.90. The Hall–Kier alpha value is -2.53. The average molecular weight is 377 g/mol. The van der Waals surface area contributed by atoms with E-state index in [0.29, 0.717) is 13.2 Å². The molecule has 0 saturated carbocycles. The normalized spacial score (nSPS) is 19.1. The number of hydrogen-bond acceptors (Lipinski definition) is 3. The Balaban J connectivity index is 1.78. The largest absolute Gasteiger partial charge is 0.382 e. The minimum Gasteiger partial charge on any atom is -0.382 e.